The molecule has 0 aliphatic heterocycles. The van der Waals surface area contributed by atoms with Crippen LogP contribution in [0.15, 0.2) is 0 Å². The molecule has 1 aliphatic carbocycles. The smallest absolute Gasteiger partial charge is 0.220 e. The second-order valence-corrected chi connectivity index (χ2v) is 5.82. The van der Waals surface area contributed by atoms with Crippen LogP contribution in [0, 0.1) is 5.92 Å². The summed E-state index contributed by atoms with van der Waals surface area (Å²) in [4.78, 5) is 12.1. The molecule has 0 unspecified atom stereocenters. The summed E-state index contributed by atoms with van der Waals surface area (Å²) in [5, 5.41) is 3.05. The van der Waals surface area contributed by atoms with Crippen molar-refractivity contribution in [1.29, 1.82) is 0 Å². The van der Waals surface area contributed by atoms with Gasteiger partial charge in [-0.05, 0) is 38.0 Å². The van der Waals surface area contributed by atoms with Crippen LogP contribution in [0.25, 0.3) is 0 Å². The van der Waals surface area contributed by atoms with Gasteiger partial charge in [-0.1, -0.05) is 29.3 Å². The van der Waals surface area contributed by atoms with Crippen LogP contribution >= 0.6 is 15.9 Å². The molecule has 1 amide bonds. The highest BCUT2D eigenvalue weighted by Gasteiger charge is 2.19. The summed E-state index contributed by atoms with van der Waals surface area (Å²) in [5.74, 6) is 0.946. The minimum absolute atomic E-state index is 0.234. The lowest BCUT2D eigenvalue weighted by Crippen LogP contribution is -2.31. The summed E-state index contributed by atoms with van der Waals surface area (Å²) in [7, 11) is 0. The van der Waals surface area contributed by atoms with Crippen molar-refractivity contribution in [2.75, 3.05) is 6.54 Å². The summed E-state index contributed by atoms with van der Waals surface area (Å²) >= 11 is 3.64. The van der Waals surface area contributed by atoms with Crippen molar-refractivity contribution in [2.24, 2.45) is 5.92 Å². The standard InChI is InChI=1S/C12H22BrNO/c1-2-3-4-12(15)14-9-10-5-7-11(13)8-6-10/h10-11H,2-9H2,1H3,(H,14,15). The zero-order valence-corrected chi connectivity index (χ0v) is 11.2. The third-order valence-electron chi connectivity index (χ3n) is 3.12. The number of amides is 1. The molecule has 0 atom stereocenters. The van der Waals surface area contributed by atoms with Crippen LogP contribution in [-0.2, 0) is 4.79 Å². The normalized spacial score (nSPS) is 26.3. The molecule has 3 heteroatoms. The van der Waals surface area contributed by atoms with Gasteiger partial charge in [0.15, 0.2) is 0 Å². The Kier molecular flexibility index (Phi) is 6.30. The number of nitrogens with one attached hydrogen (secondary N) is 1. The van der Waals surface area contributed by atoms with Gasteiger partial charge in [0.2, 0.25) is 5.91 Å². The third-order valence-corrected chi connectivity index (χ3v) is 4.04. The van der Waals surface area contributed by atoms with E-state index in [1.165, 1.54) is 25.7 Å². The van der Waals surface area contributed by atoms with Gasteiger partial charge < -0.3 is 5.32 Å². The van der Waals surface area contributed by atoms with E-state index in [0.29, 0.717) is 17.2 Å². The molecule has 0 heterocycles. The third kappa shape index (κ3) is 5.55. The molecule has 1 fully saturated rings. The molecule has 0 aromatic carbocycles. The van der Waals surface area contributed by atoms with E-state index < -0.39 is 0 Å². The second-order valence-electron chi connectivity index (χ2n) is 4.53. The topological polar surface area (TPSA) is 29.1 Å². The van der Waals surface area contributed by atoms with E-state index >= 15 is 0 Å². The Bertz CT molecular complexity index is 188. The minimum atomic E-state index is 0.234. The van der Waals surface area contributed by atoms with Crippen LogP contribution in [0.5, 0.6) is 0 Å². The molecule has 15 heavy (non-hydrogen) atoms. The van der Waals surface area contributed by atoms with E-state index in [-0.39, 0.29) is 5.91 Å². The maximum Gasteiger partial charge on any atom is 0.220 e. The molecule has 0 aromatic heterocycles. The first kappa shape index (κ1) is 13.0. The molecule has 1 saturated carbocycles. The Labute approximate surface area is 101 Å². The molecule has 0 saturated heterocycles. The first-order chi connectivity index (χ1) is 7.22. The Morgan fingerprint density at radius 3 is 2.60 bits per heavy atom. The zero-order chi connectivity index (χ0) is 11.1. The summed E-state index contributed by atoms with van der Waals surface area (Å²) in [6.07, 6.45) is 7.84. The zero-order valence-electron chi connectivity index (χ0n) is 9.60. The van der Waals surface area contributed by atoms with E-state index in [0.717, 1.165) is 19.4 Å². The number of halogens is 1. The fourth-order valence-electron chi connectivity index (χ4n) is 2.01. The monoisotopic (exact) mass is 275 g/mol. The SMILES string of the molecule is CCCCC(=O)NCC1CCC(Br)CC1. The molecule has 0 radical (unpaired) electrons. The first-order valence-corrected chi connectivity index (χ1v) is 7.04. The molecule has 1 rings (SSSR count). The van der Waals surface area contributed by atoms with Gasteiger partial charge in [-0.3, -0.25) is 4.79 Å². The molecule has 1 N–H and O–H groups in total. The first-order valence-electron chi connectivity index (χ1n) is 6.13. The van der Waals surface area contributed by atoms with Gasteiger partial charge in [-0.25, -0.2) is 0 Å². The predicted octanol–water partition coefficient (Wildman–Crippen LogP) is 3.25. The van der Waals surface area contributed by atoms with Crippen molar-refractivity contribution >= 4 is 21.8 Å². The van der Waals surface area contributed by atoms with Gasteiger partial charge in [0.05, 0.1) is 0 Å². The Morgan fingerprint density at radius 2 is 2.00 bits per heavy atom. The summed E-state index contributed by atoms with van der Waals surface area (Å²) in [5.41, 5.74) is 0. The lowest BCUT2D eigenvalue weighted by atomic mass is 9.89. The number of rotatable bonds is 5. The van der Waals surface area contributed by atoms with E-state index in [4.69, 9.17) is 0 Å². The van der Waals surface area contributed by atoms with Crippen molar-refractivity contribution in [1.82, 2.24) is 5.32 Å². The highest BCUT2D eigenvalue weighted by molar-refractivity contribution is 9.09. The average molecular weight is 276 g/mol. The van der Waals surface area contributed by atoms with E-state index in [2.05, 4.69) is 28.2 Å². The van der Waals surface area contributed by atoms with Crippen LogP contribution < -0.4 is 5.32 Å². The number of carbonyl (C=O) groups excluding carboxylic acids is 1. The maximum atomic E-state index is 11.4. The molecule has 0 spiro atoms. The Balaban J connectivity index is 2.06. The molecule has 88 valence electrons. The van der Waals surface area contributed by atoms with E-state index in [9.17, 15) is 4.79 Å². The highest BCUT2D eigenvalue weighted by atomic mass is 79.9. The maximum absolute atomic E-state index is 11.4. The fourth-order valence-corrected chi connectivity index (χ4v) is 2.54. The number of carbonyl (C=O) groups is 1. The second kappa shape index (κ2) is 7.26. The fraction of sp³-hybridized carbons (Fsp3) is 0.917. The van der Waals surface area contributed by atoms with E-state index in [1.807, 2.05) is 0 Å². The van der Waals surface area contributed by atoms with Gasteiger partial charge in [-0.15, -0.1) is 0 Å². The largest absolute Gasteiger partial charge is 0.356 e. The van der Waals surface area contributed by atoms with Crippen molar-refractivity contribution in [2.45, 2.75) is 56.7 Å². The van der Waals surface area contributed by atoms with Crippen molar-refractivity contribution in [3.63, 3.8) is 0 Å². The van der Waals surface area contributed by atoms with Crippen molar-refractivity contribution in [3.05, 3.63) is 0 Å². The molecule has 1 aliphatic rings. The van der Waals surface area contributed by atoms with Crippen molar-refractivity contribution < 1.29 is 4.79 Å². The summed E-state index contributed by atoms with van der Waals surface area (Å²) < 4.78 is 0. The Morgan fingerprint density at radius 1 is 1.33 bits per heavy atom. The highest BCUT2D eigenvalue weighted by Crippen LogP contribution is 2.28. The van der Waals surface area contributed by atoms with Crippen LogP contribution in [0.4, 0.5) is 0 Å². The quantitative estimate of drug-likeness (QED) is 0.767. The Hall–Kier alpha value is -0.0500. The van der Waals surface area contributed by atoms with Gasteiger partial charge >= 0.3 is 0 Å². The summed E-state index contributed by atoms with van der Waals surface area (Å²) in [6, 6.07) is 0. The average Bonchev–Trinajstić information content (AvgIpc) is 2.25. The molecule has 0 aromatic rings. The van der Waals surface area contributed by atoms with Crippen molar-refractivity contribution in [3.8, 4) is 0 Å². The number of unbranched alkanes of at least 4 members (excludes halogenated alkanes) is 1. The van der Waals surface area contributed by atoms with Gasteiger partial charge in [0.1, 0.15) is 0 Å². The minimum Gasteiger partial charge on any atom is -0.356 e. The number of hydrogen-bond acceptors (Lipinski definition) is 1. The number of alkyl halides is 1. The molecular formula is C12H22BrNO. The van der Waals surface area contributed by atoms with Crippen LogP contribution in [0.2, 0.25) is 0 Å². The predicted molar refractivity (Wildman–Crippen MR) is 67.2 cm³/mol. The molecule has 0 bridgehead atoms. The summed E-state index contributed by atoms with van der Waals surface area (Å²) in [6.45, 7) is 3.01. The van der Waals surface area contributed by atoms with E-state index in [1.54, 1.807) is 0 Å². The number of hydrogen-bond donors (Lipinski definition) is 1. The van der Waals surface area contributed by atoms with Crippen LogP contribution in [0.3, 0.4) is 0 Å². The van der Waals surface area contributed by atoms with Crippen LogP contribution in [0.1, 0.15) is 51.9 Å². The van der Waals surface area contributed by atoms with Gasteiger partial charge in [0, 0.05) is 17.8 Å². The van der Waals surface area contributed by atoms with Crippen LogP contribution in [-0.4, -0.2) is 17.3 Å². The molecular weight excluding hydrogens is 254 g/mol. The van der Waals surface area contributed by atoms with Gasteiger partial charge in [0.25, 0.3) is 0 Å². The molecule has 2 nitrogen and oxygen atoms in total. The van der Waals surface area contributed by atoms with Gasteiger partial charge in [-0.2, -0.15) is 0 Å². The lowest BCUT2D eigenvalue weighted by Gasteiger charge is -2.25. The lowest BCUT2D eigenvalue weighted by molar-refractivity contribution is -0.121.